The number of carbonyl (C=O) groups is 1. The van der Waals surface area contributed by atoms with Gasteiger partial charge in [-0.15, -0.1) is 11.8 Å². The van der Waals surface area contributed by atoms with Crippen LogP contribution in [-0.2, 0) is 4.79 Å². The van der Waals surface area contributed by atoms with Crippen LogP contribution in [0.25, 0.3) is 0 Å². The minimum Gasteiger partial charge on any atom is -0.396 e. The number of amides is 1. The summed E-state index contributed by atoms with van der Waals surface area (Å²) in [4.78, 5) is 12.2. The summed E-state index contributed by atoms with van der Waals surface area (Å²) in [5.41, 5.74) is 0. The van der Waals surface area contributed by atoms with Crippen LogP contribution in [0.2, 0.25) is 0 Å². The highest BCUT2D eigenvalue weighted by Crippen LogP contribution is 2.21. The van der Waals surface area contributed by atoms with Gasteiger partial charge in [0.1, 0.15) is 5.82 Å². The number of hydrogen-bond acceptors (Lipinski definition) is 3. The van der Waals surface area contributed by atoms with Crippen molar-refractivity contribution in [2.45, 2.75) is 37.1 Å². The second-order valence-electron chi connectivity index (χ2n) is 4.21. The molecule has 1 atom stereocenters. The Labute approximate surface area is 117 Å². The maximum atomic E-state index is 13.3. The van der Waals surface area contributed by atoms with Gasteiger partial charge in [-0.3, -0.25) is 4.79 Å². The van der Waals surface area contributed by atoms with Gasteiger partial charge in [0.2, 0.25) is 5.91 Å². The van der Waals surface area contributed by atoms with Crippen molar-refractivity contribution in [1.29, 1.82) is 0 Å². The molecule has 0 bridgehead atoms. The topological polar surface area (TPSA) is 49.3 Å². The molecule has 19 heavy (non-hydrogen) atoms. The van der Waals surface area contributed by atoms with E-state index in [1.54, 1.807) is 18.2 Å². The molecule has 1 rings (SSSR count). The average Bonchev–Trinajstić information content (AvgIpc) is 2.40. The monoisotopic (exact) mass is 285 g/mol. The van der Waals surface area contributed by atoms with Crippen LogP contribution in [0.4, 0.5) is 4.39 Å². The van der Waals surface area contributed by atoms with Gasteiger partial charge in [-0.05, 0) is 25.0 Å². The molecule has 2 N–H and O–H groups in total. The molecular weight excluding hydrogens is 265 g/mol. The Balaban J connectivity index is 2.29. The summed E-state index contributed by atoms with van der Waals surface area (Å²) >= 11 is 1.34. The Bertz CT molecular complexity index is 401. The fourth-order valence-corrected chi connectivity index (χ4v) is 2.54. The summed E-state index contributed by atoms with van der Waals surface area (Å²) in [5, 5.41) is 11.7. The Morgan fingerprint density at radius 2 is 2.21 bits per heavy atom. The second kappa shape index (κ2) is 8.93. The molecule has 0 heterocycles. The maximum absolute atomic E-state index is 13.3. The largest absolute Gasteiger partial charge is 0.396 e. The van der Waals surface area contributed by atoms with E-state index in [-0.39, 0.29) is 24.4 Å². The molecule has 0 fully saturated rings. The molecule has 3 nitrogen and oxygen atoms in total. The van der Waals surface area contributed by atoms with Gasteiger partial charge in [0, 0.05) is 29.7 Å². The number of hydrogen-bond donors (Lipinski definition) is 2. The summed E-state index contributed by atoms with van der Waals surface area (Å²) < 4.78 is 13.3. The molecule has 1 aromatic carbocycles. The lowest BCUT2D eigenvalue weighted by Crippen LogP contribution is -2.35. The predicted octanol–water partition coefficient (Wildman–Crippen LogP) is 2.59. The summed E-state index contributed by atoms with van der Waals surface area (Å²) in [7, 11) is 0. The standard InChI is InChI=1S/C14H20FNO2S/c1-2-11(7-9-17)16-14(18)8-10-19-13-6-4-3-5-12(13)15/h3-6,11,17H,2,7-10H2,1H3,(H,16,18). The average molecular weight is 285 g/mol. The molecule has 0 aromatic heterocycles. The number of benzene rings is 1. The maximum Gasteiger partial charge on any atom is 0.221 e. The van der Waals surface area contributed by atoms with E-state index in [0.717, 1.165) is 6.42 Å². The number of halogens is 1. The van der Waals surface area contributed by atoms with Crippen LogP contribution in [0.1, 0.15) is 26.2 Å². The molecule has 5 heteroatoms. The lowest BCUT2D eigenvalue weighted by Gasteiger charge is -2.15. The van der Waals surface area contributed by atoms with E-state index in [9.17, 15) is 9.18 Å². The van der Waals surface area contributed by atoms with E-state index in [2.05, 4.69) is 5.32 Å². The Kier molecular flexibility index (Phi) is 7.52. The van der Waals surface area contributed by atoms with E-state index in [0.29, 0.717) is 23.5 Å². The van der Waals surface area contributed by atoms with Gasteiger partial charge in [-0.25, -0.2) is 4.39 Å². The first-order chi connectivity index (χ1) is 9.17. The number of thioether (sulfide) groups is 1. The molecule has 0 saturated heterocycles. The van der Waals surface area contributed by atoms with Crippen molar-refractivity contribution >= 4 is 17.7 Å². The third-order valence-corrected chi connectivity index (χ3v) is 3.81. The van der Waals surface area contributed by atoms with E-state index in [4.69, 9.17) is 5.11 Å². The molecule has 0 aliphatic rings. The molecule has 1 unspecified atom stereocenters. The van der Waals surface area contributed by atoms with Crippen molar-refractivity contribution in [3.63, 3.8) is 0 Å². The highest BCUT2D eigenvalue weighted by molar-refractivity contribution is 7.99. The van der Waals surface area contributed by atoms with Gasteiger partial charge in [0.05, 0.1) is 0 Å². The lowest BCUT2D eigenvalue weighted by molar-refractivity contribution is -0.121. The Morgan fingerprint density at radius 1 is 1.47 bits per heavy atom. The Hall–Kier alpha value is -1.07. The molecule has 0 aliphatic heterocycles. The van der Waals surface area contributed by atoms with Gasteiger partial charge >= 0.3 is 0 Å². The van der Waals surface area contributed by atoms with Crippen LogP contribution in [-0.4, -0.2) is 29.4 Å². The van der Waals surface area contributed by atoms with Gasteiger partial charge < -0.3 is 10.4 Å². The predicted molar refractivity (Wildman–Crippen MR) is 75.7 cm³/mol. The van der Waals surface area contributed by atoms with Crippen LogP contribution in [0.3, 0.4) is 0 Å². The molecular formula is C14H20FNO2S. The van der Waals surface area contributed by atoms with Crippen molar-refractivity contribution in [3.05, 3.63) is 30.1 Å². The van der Waals surface area contributed by atoms with Gasteiger partial charge in [-0.2, -0.15) is 0 Å². The van der Waals surface area contributed by atoms with Crippen LogP contribution in [0.5, 0.6) is 0 Å². The zero-order valence-corrected chi connectivity index (χ0v) is 11.9. The lowest BCUT2D eigenvalue weighted by atomic mass is 10.1. The zero-order chi connectivity index (χ0) is 14.1. The van der Waals surface area contributed by atoms with Crippen LogP contribution in [0.15, 0.2) is 29.2 Å². The molecule has 106 valence electrons. The van der Waals surface area contributed by atoms with Gasteiger partial charge in [0.15, 0.2) is 0 Å². The molecule has 0 aliphatic carbocycles. The highest BCUT2D eigenvalue weighted by atomic mass is 32.2. The van der Waals surface area contributed by atoms with Crippen molar-refractivity contribution in [2.75, 3.05) is 12.4 Å². The number of carbonyl (C=O) groups excluding carboxylic acids is 1. The van der Waals surface area contributed by atoms with E-state index in [1.807, 2.05) is 6.92 Å². The fourth-order valence-electron chi connectivity index (χ4n) is 1.65. The first kappa shape index (κ1) is 16.0. The first-order valence-electron chi connectivity index (χ1n) is 6.45. The number of aliphatic hydroxyl groups excluding tert-OH is 1. The summed E-state index contributed by atoms with van der Waals surface area (Å²) in [5.74, 6) is 0.242. The van der Waals surface area contributed by atoms with Crippen LogP contribution >= 0.6 is 11.8 Å². The Morgan fingerprint density at radius 3 is 2.84 bits per heavy atom. The minimum absolute atomic E-state index is 0.0240. The quantitative estimate of drug-likeness (QED) is 0.722. The van der Waals surface area contributed by atoms with Crippen molar-refractivity contribution in [3.8, 4) is 0 Å². The number of rotatable bonds is 8. The summed E-state index contributed by atoms with van der Waals surface area (Å²) in [6.07, 6.45) is 1.72. The minimum atomic E-state index is -0.250. The molecule has 1 amide bonds. The first-order valence-corrected chi connectivity index (χ1v) is 7.43. The van der Waals surface area contributed by atoms with Crippen molar-refractivity contribution in [2.24, 2.45) is 0 Å². The normalized spacial score (nSPS) is 12.2. The van der Waals surface area contributed by atoms with Crippen LogP contribution < -0.4 is 5.32 Å². The molecule has 0 saturated carbocycles. The van der Waals surface area contributed by atoms with E-state index in [1.165, 1.54) is 17.8 Å². The third-order valence-electron chi connectivity index (χ3n) is 2.76. The smallest absolute Gasteiger partial charge is 0.221 e. The SMILES string of the molecule is CCC(CCO)NC(=O)CCSc1ccccc1F. The third kappa shape index (κ3) is 6.07. The molecule has 1 aromatic rings. The van der Waals surface area contributed by atoms with Gasteiger partial charge in [-0.1, -0.05) is 19.1 Å². The van der Waals surface area contributed by atoms with Crippen LogP contribution in [0, 0.1) is 5.82 Å². The van der Waals surface area contributed by atoms with Crippen molar-refractivity contribution in [1.82, 2.24) is 5.32 Å². The summed E-state index contributed by atoms with van der Waals surface area (Å²) in [6, 6.07) is 6.57. The molecule has 0 radical (unpaired) electrons. The second-order valence-corrected chi connectivity index (χ2v) is 5.35. The number of nitrogens with one attached hydrogen (secondary N) is 1. The fraction of sp³-hybridized carbons (Fsp3) is 0.500. The molecule has 0 spiro atoms. The van der Waals surface area contributed by atoms with Gasteiger partial charge in [0.25, 0.3) is 0 Å². The number of aliphatic hydroxyl groups is 1. The highest BCUT2D eigenvalue weighted by Gasteiger charge is 2.10. The summed E-state index contributed by atoms with van der Waals surface area (Å²) in [6.45, 7) is 2.04. The van der Waals surface area contributed by atoms with E-state index >= 15 is 0 Å². The van der Waals surface area contributed by atoms with Crippen molar-refractivity contribution < 1.29 is 14.3 Å². The van der Waals surface area contributed by atoms with E-state index < -0.39 is 0 Å². The zero-order valence-electron chi connectivity index (χ0n) is 11.1.